The van der Waals surface area contributed by atoms with Gasteiger partial charge in [-0.2, -0.15) is 4.31 Å². The highest BCUT2D eigenvalue weighted by molar-refractivity contribution is 7.89. The summed E-state index contributed by atoms with van der Waals surface area (Å²) in [7, 11) is -3.75. The largest absolute Gasteiger partial charge is 0.395 e. The Morgan fingerprint density at radius 3 is 2.27 bits per heavy atom. The molecule has 0 heterocycles. The molecule has 0 aliphatic heterocycles. The fourth-order valence-electron chi connectivity index (χ4n) is 2.84. The molecular weight excluding hydrogens is 308 g/mol. The number of benzene rings is 1. The molecular formula is C14H20N2O5S. The summed E-state index contributed by atoms with van der Waals surface area (Å²) in [6.45, 7) is -0.202. The molecule has 2 rings (SSSR count). The molecule has 1 N–H and O–H groups in total. The molecule has 1 aliphatic rings. The normalized spacial score (nSPS) is 16.8. The average molecular weight is 328 g/mol. The Hall–Kier alpha value is -1.51. The van der Waals surface area contributed by atoms with Crippen LogP contribution in [0.2, 0.25) is 0 Å². The lowest BCUT2D eigenvalue weighted by Gasteiger charge is -2.33. The second kappa shape index (κ2) is 7.17. The Morgan fingerprint density at radius 2 is 1.77 bits per heavy atom. The van der Waals surface area contributed by atoms with E-state index < -0.39 is 14.9 Å². The van der Waals surface area contributed by atoms with Gasteiger partial charge in [-0.05, 0) is 25.0 Å². The lowest BCUT2D eigenvalue weighted by atomic mass is 9.95. The van der Waals surface area contributed by atoms with Gasteiger partial charge in [-0.15, -0.1) is 0 Å². The van der Waals surface area contributed by atoms with Crippen molar-refractivity contribution in [3.63, 3.8) is 0 Å². The maximum absolute atomic E-state index is 12.7. The SMILES string of the molecule is O=[N+]([O-])c1ccc(S(=O)(=O)N(CCO)C2CCCCC2)cc1. The van der Waals surface area contributed by atoms with E-state index in [-0.39, 0.29) is 29.8 Å². The first-order valence-corrected chi connectivity index (χ1v) is 8.78. The summed E-state index contributed by atoms with van der Waals surface area (Å²) in [5.74, 6) is 0. The molecule has 7 nitrogen and oxygen atoms in total. The Labute approximate surface area is 129 Å². The summed E-state index contributed by atoms with van der Waals surface area (Å²) in [6, 6.07) is 4.76. The van der Waals surface area contributed by atoms with Gasteiger partial charge in [0.05, 0.1) is 16.4 Å². The second-order valence-corrected chi connectivity index (χ2v) is 7.27. The zero-order valence-corrected chi connectivity index (χ0v) is 13.0. The second-order valence-electron chi connectivity index (χ2n) is 5.38. The Balaban J connectivity index is 2.29. The molecule has 0 amide bonds. The predicted octanol–water partition coefficient (Wildman–Crippen LogP) is 1.91. The van der Waals surface area contributed by atoms with Gasteiger partial charge in [-0.1, -0.05) is 19.3 Å². The molecule has 22 heavy (non-hydrogen) atoms. The third-order valence-corrected chi connectivity index (χ3v) is 5.92. The lowest BCUT2D eigenvalue weighted by molar-refractivity contribution is -0.384. The van der Waals surface area contributed by atoms with Crippen LogP contribution in [0.25, 0.3) is 0 Å². The number of nitrogens with zero attached hydrogens (tertiary/aromatic N) is 2. The highest BCUT2D eigenvalue weighted by Gasteiger charge is 2.32. The molecule has 1 saturated carbocycles. The fourth-order valence-corrected chi connectivity index (χ4v) is 4.52. The van der Waals surface area contributed by atoms with Crippen LogP contribution in [-0.2, 0) is 10.0 Å². The van der Waals surface area contributed by atoms with Crippen molar-refractivity contribution in [2.75, 3.05) is 13.2 Å². The van der Waals surface area contributed by atoms with Crippen LogP contribution in [-0.4, -0.2) is 41.9 Å². The standard InChI is InChI=1S/C14H20N2O5S/c17-11-10-15(12-4-2-1-3-5-12)22(20,21)14-8-6-13(7-9-14)16(18)19/h6-9,12,17H,1-5,10-11H2. The highest BCUT2D eigenvalue weighted by atomic mass is 32.2. The molecule has 1 aliphatic carbocycles. The summed E-state index contributed by atoms with van der Waals surface area (Å²) in [6.07, 6.45) is 4.62. The van der Waals surface area contributed by atoms with Gasteiger partial charge < -0.3 is 5.11 Å². The van der Waals surface area contributed by atoms with Crippen molar-refractivity contribution in [1.82, 2.24) is 4.31 Å². The van der Waals surface area contributed by atoms with Crippen molar-refractivity contribution in [3.05, 3.63) is 34.4 Å². The van der Waals surface area contributed by atoms with E-state index in [1.807, 2.05) is 0 Å². The number of aliphatic hydroxyl groups excluding tert-OH is 1. The molecule has 122 valence electrons. The maximum Gasteiger partial charge on any atom is 0.269 e. The molecule has 0 aromatic heterocycles. The average Bonchev–Trinajstić information content (AvgIpc) is 2.53. The number of non-ortho nitro benzene ring substituents is 1. The third-order valence-electron chi connectivity index (χ3n) is 3.96. The first-order chi connectivity index (χ1) is 10.5. The number of rotatable bonds is 6. The quantitative estimate of drug-likeness (QED) is 0.635. The Kier molecular flexibility index (Phi) is 5.49. The molecule has 0 bridgehead atoms. The van der Waals surface area contributed by atoms with E-state index in [1.54, 1.807) is 0 Å². The zero-order chi connectivity index (χ0) is 16.2. The van der Waals surface area contributed by atoms with Crippen molar-refractivity contribution in [2.24, 2.45) is 0 Å². The molecule has 1 fully saturated rings. The van der Waals surface area contributed by atoms with Gasteiger partial charge in [0.2, 0.25) is 10.0 Å². The number of hydrogen-bond donors (Lipinski definition) is 1. The minimum atomic E-state index is -3.75. The molecule has 8 heteroatoms. The van der Waals surface area contributed by atoms with Gasteiger partial charge >= 0.3 is 0 Å². The predicted molar refractivity (Wildman–Crippen MR) is 80.9 cm³/mol. The number of hydrogen-bond acceptors (Lipinski definition) is 5. The van der Waals surface area contributed by atoms with Gasteiger partial charge in [-0.25, -0.2) is 8.42 Å². The van der Waals surface area contributed by atoms with Crippen LogP contribution >= 0.6 is 0 Å². The molecule has 0 unspecified atom stereocenters. The van der Waals surface area contributed by atoms with Crippen LogP contribution in [0.3, 0.4) is 0 Å². The monoisotopic (exact) mass is 328 g/mol. The van der Waals surface area contributed by atoms with E-state index >= 15 is 0 Å². The summed E-state index contributed by atoms with van der Waals surface area (Å²) >= 11 is 0. The first kappa shape index (κ1) is 16.9. The summed E-state index contributed by atoms with van der Waals surface area (Å²) in [4.78, 5) is 10.1. The minimum absolute atomic E-state index is 0.0251. The van der Waals surface area contributed by atoms with Crippen molar-refractivity contribution in [3.8, 4) is 0 Å². The summed E-state index contributed by atoms with van der Waals surface area (Å²) in [5, 5.41) is 19.9. The number of sulfonamides is 1. The van der Waals surface area contributed by atoms with Crippen molar-refractivity contribution >= 4 is 15.7 Å². The summed E-state index contributed by atoms with van der Waals surface area (Å²) in [5.41, 5.74) is -0.148. The van der Waals surface area contributed by atoms with Crippen molar-refractivity contribution < 1.29 is 18.4 Å². The van der Waals surface area contributed by atoms with Gasteiger partial charge in [0, 0.05) is 24.7 Å². The topological polar surface area (TPSA) is 101 Å². The van der Waals surface area contributed by atoms with Gasteiger partial charge in [0.1, 0.15) is 0 Å². The van der Waals surface area contributed by atoms with Gasteiger partial charge in [0.25, 0.3) is 5.69 Å². The fraction of sp³-hybridized carbons (Fsp3) is 0.571. The molecule has 1 aromatic carbocycles. The number of nitro benzene ring substituents is 1. The van der Waals surface area contributed by atoms with E-state index in [9.17, 15) is 23.6 Å². The lowest BCUT2D eigenvalue weighted by Crippen LogP contribution is -2.43. The van der Waals surface area contributed by atoms with Crippen LogP contribution in [0.1, 0.15) is 32.1 Å². The molecule has 0 saturated heterocycles. The highest BCUT2D eigenvalue weighted by Crippen LogP contribution is 2.28. The third kappa shape index (κ3) is 3.63. The smallest absolute Gasteiger partial charge is 0.269 e. The van der Waals surface area contributed by atoms with E-state index in [1.165, 1.54) is 28.6 Å². The van der Waals surface area contributed by atoms with E-state index in [0.717, 1.165) is 32.1 Å². The first-order valence-electron chi connectivity index (χ1n) is 7.34. The Morgan fingerprint density at radius 1 is 1.18 bits per heavy atom. The number of aliphatic hydroxyl groups is 1. The Bertz CT molecular complexity index is 609. The van der Waals surface area contributed by atoms with Crippen molar-refractivity contribution in [2.45, 2.75) is 43.0 Å². The van der Waals surface area contributed by atoms with Gasteiger partial charge in [0.15, 0.2) is 0 Å². The summed E-state index contributed by atoms with van der Waals surface area (Å²) < 4.78 is 26.8. The molecule has 0 radical (unpaired) electrons. The molecule has 0 spiro atoms. The van der Waals surface area contributed by atoms with Crippen LogP contribution < -0.4 is 0 Å². The minimum Gasteiger partial charge on any atom is -0.395 e. The molecule has 1 aromatic rings. The van der Waals surface area contributed by atoms with Crippen LogP contribution in [0.5, 0.6) is 0 Å². The van der Waals surface area contributed by atoms with Gasteiger partial charge in [-0.3, -0.25) is 10.1 Å². The van der Waals surface area contributed by atoms with E-state index in [4.69, 9.17) is 0 Å². The zero-order valence-electron chi connectivity index (χ0n) is 12.2. The van der Waals surface area contributed by atoms with Crippen LogP contribution in [0.15, 0.2) is 29.2 Å². The van der Waals surface area contributed by atoms with E-state index in [0.29, 0.717) is 0 Å². The maximum atomic E-state index is 12.7. The van der Waals surface area contributed by atoms with Crippen molar-refractivity contribution in [1.29, 1.82) is 0 Å². The van der Waals surface area contributed by atoms with E-state index in [2.05, 4.69) is 0 Å². The molecule has 0 atom stereocenters. The number of nitro groups is 1. The van der Waals surface area contributed by atoms with Crippen LogP contribution in [0.4, 0.5) is 5.69 Å². The van der Waals surface area contributed by atoms with Crippen LogP contribution in [0, 0.1) is 10.1 Å².